The van der Waals surface area contributed by atoms with Crippen LogP contribution in [0.15, 0.2) is 60.7 Å². The fraction of sp³-hybridized carbons (Fsp3) is 0.190. The number of aryl methyl sites for hydroxylation is 1. The highest BCUT2D eigenvalue weighted by Crippen LogP contribution is 2.22. The van der Waals surface area contributed by atoms with Gasteiger partial charge in [0.2, 0.25) is 0 Å². The molecule has 0 bridgehead atoms. The molecule has 0 unspecified atom stereocenters. The molecule has 27 heavy (non-hydrogen) atoms. The molecule has 0 atom stereocenters. The summed E-state index contributed by atoms with van der Waals surface area (Å²) in [6, 6.07) is 19.2. The van der Waals surface area contributed by atoms with Gasteiger partial charge in [0.1, 0.15) is 17.3 Å². The van der Waals surface area contributed by atoms with E-state index in [-0.39, 0.29) is 5.91 Å². The average molecular weight is 361 g/mol. The molecule has 6 heteroatoms. The molecule has 0 saturated carbocycles. The highest BCUT2D eigenvalue weighted by molar-refractivity contribution is 6.03. The van der Waals surface area contributed by atoms with Crippen LogP contribution >= 0.6 is 0 Å². The van der Waals surface area contributed by atoms with Crippen molar-refractivity contribution in [3.63, 3.8) is 0 Å². The summed E-state index contributed by atoms with van der Waals surface area (Å²) in [7, 11) is 5.86. The van der Waals surface area contributed by atoms with Crippen molar-refractivity contribution >= 4 is 28.8 Å². The van der Waals surface area contributed by atoms with Gasteiger partial charge in [0.15, 0.2) is 0 Å². The lowest BCUT2D eigenvalue weighted by molar-refractivity contribution is 0.102. The fourth-order valence-electron chi connectivity index (χ4n) is 2.66. The molecule has 2 aromatic carbocycles. The summed E-state index contributed by atoms with van der Waals surface area (Å²) in [4.78, 5) is 25.4. The number of nitrogens with one attached hydrogen (secondary N) is 1. The standard InChI is InChI=1S/C21H23N5O/c1-15-22-19(14-20(23-15)26(4)18-8-6-5-7-9-18)21(27)24-16-10-12-17(13-11-16)25(2)3/h5-14H,1-4H3,(H,24,27). The molecule has 0 aliphatic carbocycles. The maximum Gasteiger partial charge on any atom is 0.274 e. The van der Waals surface area contributed by atoms with Gasteiger partial charge >= 0.3 is 0 Å². The maximum absolute atomic E-state index is 12.7. The molecule has 1 aromatic heterocycles. The Balaban J connectivity index is 1.81. The van der Waals surface area contributed by atoms with Crippen LogP contribution in [0.5, 0.6) is 0 Å². The first-order valence-corrected chi connectivity index (χ1v) is 8.67. The molecule has 3 rings (SSSR count). The van der Waals surface area contributed by atoms with Crippen LogP contribution in [-0.4, -0.2) is 37.0 Å². The molecular weight excluding hydrogens is 338 g/mol. The summed E-state index contributed by atoms with van der Waals surface area (Å²) in [6.45, 7) is 1.78. The molecule has 138 valence electrons. The van der Waals surface area contributed by atoms with Crippen molar-refractivity contribution < 1.29 is 4.79 Å². The van der Waals surface area contributed by atoms with Crippen molar-refractivity contribution in [2.45, 2.75) is 6.92 Å². The van der Waals surface area contributed by atoms with Crippen molar-refractivity contribution in [3.8, 4) is 0 Å². The number of nitrogens with zero attached hydrogens (tertiary/aromatic N) is 4. The number of hydrogen-bond donors (Lipinski definition) is 1. The zero-order valence-electron chi connectivity index (χ0n) is 16.0. The van der Waals surface area contributed by atoms with Gasteiger partial charge in [0.25, 0.3) is 5.91 Å². The van der Waals surface area contributed by atoms with E-state index in [4.69, 9.17) is 0 Å². The first-order chi connectivity index (χ1) is 12.9. The van der Waals surface area contributed by atoms with Gasteiger partial charge in [-0.15, -0.1) is 0 Å². The predicted octanol–water partition coefficient (Wildman–Crippen LogP) is 3.87. The predicted molar refractivity (Wildman–Crippen MR) is 110 cm³/mol. The molecular formula is C21H23N5O. The molecule has 0 spiro atoms. The smallest absolute Gasteiger partial charge is 0.274 e. The van der Waals surface area contributed by atoms with E-state index in [1.807, 2.05) is 85.5 Å². The number of rotatable bonds is 5. The van der Waals surface area contributed by atoms with Gasteiger partial charge in [-0.25, -0.2) is 9.97 Å². The Bertz CT molecular complexity index is 923. The van der Waals surface area contributed by atoms with Crippen LogP contribution in [0.2, 0.25) is 0 Å². The Kier molecular flexibility index (Phi) is 5.35. The zero-order valence-corrected chi connectivity index (χ0v) is 16.0. The van der Waals surface area contributed by atoms with E-state index in [1.165, 1.54) is 0 Å². The van der Waals surface area contributed by atoms with E-state index in [0.29, 0.717) is 17.3 Å². The number of aromatic nitrogens is 2. The second-order valence-electron chi connectivity index (χ2n) is 6.45. The topological polar surface area (TPSA) is 61.4 Å². The van der Waals surface area contributed by atoms with Crippen molar-refractivity contribution in [1.29, 1.82) is 0 Å². The molecule has 1 amide bonds. The van der Waals surface area contributed by atoms with Crippen molar-refractivity contribution in [2.75, 3.05) is 36.3 Å². The quantitative estimate of drug-likeness (QED) is 0.747. The summed E-state index contributed by atoms with van der Waals surface area (Å²) >= 11 is 0. The average Bonchev–Trinajstić information content (AvgIpc) is 2.68. The number of carbonyl (C=O) groups excluding carboxylic acids is 1. The van der Waals surface area contributed by atoms with Crippen molar-refractivity contribution in [1.82, 2.24) is 9.97 Å². The van der Waals surface area contributed by atoms with Crippen LogP contribution in [0.1, 0.15) is 16.3 Å². The fourth-order valence-corrected chi connectivity index (χ4v) is 2.66. The lowest BCUT2D eigenvalue weighted by Gasteiger charge is -2.19. The second kappa shape index (κ2) is 7.86. The third-order valence-corrected chi connectivity index (χ3v) is 4.19. The Morgan fingerprint density at radius 3 is 2.19 bits per heavy atom. The van der Waals surface area contributed by atoms with Crippen molar-refractivity contribution in [3.05, 3.63) is 72.2 Å². The molecule has 0 fully saturated rings. The van der Waals surface area contributed by atoms with Gasteiger partial charge < -0.3 is 15.1 Å². The van der Waals surface area contributed by atoms with Crippen LogP contribution in [0.3, 0.4) is 0 Å². The Morgan fingerprint density at radius 1 is 0.889 bits per heavy atom. The van der Waals surface area contributed by atoms with Crippen LogP contribution in [0.25, 0.3) is 0 Å². The number of hydrogen-bond acceptors (Lipinski definition) is 5. The molecule has 0 saturated heterocycles. The van der Waals surface area contributed by atoms with E-state index >= 15 is 0 Å². The van der Waals surface area contributed by atoms with Crippen LogP contribution < -0.4 is 15.1 Å². The molecule has 1 heterocycles. The molecule has 0 radical (unpaired) electrons. The molecule has 0 aliphatic heterocycles. The Hall–Kier alpha value is -3.41. The van der Waals surface area contributed by atoms with E-state index < -0.39 is 0 Å². The van der Waals surface area contributed by atoms with E-state index in [1.54, 1.807) is 13.0 Å². The highest BCUT2D eigenvalue weighted by atomic mass is 16.1. The van der Waals surface area contributed by atoms with E-state index in [0.717, 1.165) is 17.1 Å². The van der Waals surface area contributed by atoms with Gasteiger partial charge in [0, 0.05) is 44.3 Å². The third kappa shape index (κ3) is 4.41. The van der Waals surface area contributed by atoms with Gasteiger partial charge in [-0.05, 0) is 43.3 Å². The van der Waals surface area contributed by atoms with Gasteiger partial charge in [-0.1, -0.05) is 18.2 Å². The van der Waals surface area contributed by atoms with E-state index in [9.17, 15) is 4.79 Å². The monoisotopic (exact) mass is 361 g/mol. The molecule has 3 aromatic rings. The second-order valence-corrected chi connectivity index (χ2v) is 6.45. The minimum Gasteiger partial charge on any atom is -0.378 e. The highest BCUT2D eigenvalue weighted by Gasteiger charge is 2.14. The van der Waals surface area contributed by atoms with Crippen molar-refractivity contribution in [2.24, 2.45) is 0 Å². The first-order valence-electron chi connectivity index (χ1n) is 8.67. The van der Waals surface area contributed by atoms with Crippen LogP contribution in [-0.2, 0) is 0 Å². The number of amides is 1. The van der Waals surface area contributed by atoms with Gasteiger partial charge in [0.05, 0.1) is 0 Å². The molecule has 6 nitrogen and oxygen atoms in total. The summed E-state index contributed by atoms with van der Waals surface area (Å²) in [6.07, 6.45) is 0. The number of anilines is 4. The minimum absolute atomic E-state index is 0.263. The third-order valence-electron chi connectivity index (χ3n) is 4.19. The minimum atomic E-state index is -0.263. The molecule has 1 N–H and O–H groups in total. The first kappa shape index (κ1) is 18.4. The zero-order chi connectivity index (χ0) is 19.4. The number of carbonyl (C=O) groups is 1. The molecule has 0 aliphatic rings. The van der Waals surface area contributed by atoms with Crippen LogP contribution in [0.4, 0.5) is 22.9 Å². The van der Waals surface area contributed by atoms with E-state index in [2.05, 4.69) is 15.3 Å². The Morgan fingerprint density at radius 2 is 1.56 bits per heavy atom. The summed E-state index contributed by atoms with van der Waals surface area (Å²) < 4.78 is 0. The number of benzene rings is 2. The summed E-state index contributed by atoms with van der Waals surface area (Å²) in [5.41, 5.74) is 3.11. The number of para-hydroxylation sites is 1. The summed E-state index contributed by atoms with van der Waals surface area (Å²) in [5.74, 6) is 0.950. The lowest BCUT2D eigenvalue weighted by atomic mass is 10.2. The largest absolute Gasteiger partial charge is 0.378 e. The normalized spacial score (nSPS) is 10.4. The van der Waals surface area contributed by atoms with Crippen LogP contribution in [0, 0.1) is 6.92 Å². The lowest BCUT2D eigenvalue weighted by Crippen LogP contribution is -2.18. The maximum atomic E-state index is 12.7. The van der Waals surface area contributed by atoms with Gasteiger partial charge in [-0.2, -0.15) is 0 Å². The Labute approximate surface area is 159 Å². The SMILES string of the molecule is Cc1nc(C(=O)Nc2ccc(N(C)C)cc2)cc(N(C)c2ccccc2)n1. The van der Waals surface area contributed by atoms with Gasteiger partial charge in [-0.3, -0.25) is 4.79 Å². The summed E-state index contributed by atoms with van der Waals surface area (Å²) in [5, 5.41) is 2.89.